The Morgan fingerprint density at radius 3 is 1.48 bits per heavy atom. The molecule has 0 saturated carbocycles. The molecule has 7 atom stereocenters. The lowest BCUT2D eigenvalue weighted by Crippen LogP contribution is -2.58. The molecule has 310 valence electrons. The predicted octanol–water partition coefficient (Wildman–Crippen LogP) is 0.296. The molecule has 0 saturated heterocycles. The van der Waals surface area contributed by atoms with Crippen LogP contribution in [-0.4, -0.2) is 90.6 Å². The first kappa shape index (κ1) is 49.6. The number of nitrogens with one attached hydrogen (secondary N) is 6. The van der Waals surface area contributed by atoms with Crippen molar-refractivity contribution in [3.8, 4) is 0 Å². The third-order valence-corrected chi connectivity index (χ3v) is 8.92. The van der Waals surface area contributed by atoms with Crippen LogP contribution < -0.4 is 49.1 Å². The van der Waals surface area contributed by atoms with Gasteiger partial charge in [-0.25, -0.2) is 0 Å². The Bertz CT molecular complexity index is 1270. The number of guanidine groups is 1. The standard InChI is InChI=1S/C37H70N10O7/c1-11-23(9)30(32(38)50)46-35(53)27(17-21(5)6)45-33(51)25(14-13-15-41-37(39)40)43-29(49)19-42-36(54)31(24(10)12-2)47-34(52)26(16-20(3)4)44-28(48)18-22(7)8/h20-27,30-31H,11-19H2,1-10H3,(H2,38,50)(H,42,54)(H,43,49)(H,44,48)(H,45,51)(H,46,53)(H,47,52)(H4,39,40,41)/t23-,24-,25-,26-,27-,30-,31-/m0/s1. The Hall–Kier alpha value is -4.44. The average Bonchev–Trinajstić information content (AvgIpc) is 3.07. The summed E-state index contributed by atoms with van der Waals surface area (Å²) < 4.78 is 0. The minimum absolute atomic E-state index is 0.0299. The van der Waals surface area contributed by atoms with Gasteiger partial charge in [-0.2, -0.15) is 0 Å². The lowest BCUT2D eigenvalue weighted by Gasteiger charge is -2.28. The highest BCUT2D eigenvalue weighted by molar-refractivity contribution is 5.96. The van der Waals surface area contributed by atoms with Crippen molar-refractivity contribution in [3.63, 3.8) is 0 Å². The molecule has 54 heavy (non-hydrogen) atoms. The van der Waals surface area contributed by atoms with Crippen LogP contribution >= 0.6 is 0 Å². The number of carbonyl (C=O) groups excluding carboxylic acids is 7. The van der Waals surface area contributed by atoms with Crippen molar-refractivity contribution in [2.75, 3.05) is 13.1 Å². The van der Waals surface area contributed by atoms with E-state index in [1.54, 1.807) is 13.8 Å². The summed E-state index contributed by atoms with van der Waals surface area (Å²) in [6.45, 7) is 18.3. The van der Waals surface area contributed by atoms with Crippen LogP contribution in [-0.2, 0) is 33.6 Å². The van der Waals surface area contributed by atoms with E-state index in [2.05, 4.69) is 36.9 Å². The molecule has 0 aromatic heterocycles. The van der Waals surface area contributed by atoms with Gasteiger partial charge in [0.25, 0.3) is 0 Å². The van der Waals surface area contributed by atoms with Crippen LogP contribution in [0.4, 0.5) is 0 Å². The maximum Gasteiger partial charge on any atom is 0.243 e. The molecule has 0 aliphatic carbocycles. The van der Waals surface area contributed by atoms with Gasteiger partial charge < -0.3 is 49.1 Å². The van der Waals surface area contributed by atoms with Crippen LogP contribution in [0, 0.1) is 29.6 Å². The van der Waals surface area contributed by atoms with Gasteiger partial charge in [0.1, 0.15) is 30.2 Å². The molecule has 0 rings (SSSR count). The number of rotatable bonds is 26. The van der Waals surface area contributed by atoms with Gasteiger partial charge in [0.2, 0.25) is 41.4 Å². The fraction of sp³-hybridized carbons (Fsp3) is 0.784. The maximum atomic E-state index is 13.6. The fourth-order valence-corrected chi connectivity index (χ4v) is 5.54. The number of amides is 7. The van der Waals surface area contributed by atoms with Gasteiger partial charge in [-0.3, -0.25) is 38.6 Å². The summed E-state index contributed by atoms with van der Waals surface area (Å²) in [5.41, 5.74) is 16.4. The lowest BCUT2D eigenvalue weighted by molar-refractivity contribution is -0.135. The molecular formula is C37H70N10O7. The molecule has 0 radical (unpaired) electrons. The number of hydrogen-bond donors (Lipinski definition) is 9. The molecule has 0 unspecified atom stereocenters. The largest absolute Gasteiger partial charge is 0.370 e. The Morgan fingerprint density at radius 1 is 0.556 bits per heavy atom. The topological polar surface area (TPSA) is 282 Å². The second-order valence-corrected chi connectivity index (χ2v) is 15.5. The Balaban J connectivity index is 6.00. The first-order valence-electron chi connectivity index (χ1n) is 19.2. The van der Waals surface area contributed by atoms with Crippen molar-refractivity contribution in [1.82, 2.24) is 31.9 Å². The summed E-state index contributed by atoms with van der Waals surface area (Å²) in [7, 11) is 0. The van der Waals surface area contributed by atoms with E-state index in [0.717, 1.165) is 0 Å². The van der Waals surface area contributed by atoms with E-state index in [1.165, 1.54) is 0 Å². The minimum Gasteiger partial charge on any atom is -0.370 e. The summed E-state index contributed by atoms with van der Waals surface area (Å²) in [4.78, 5) is 95.6. The van der Waals surface area contributed by atoms with Gasteiger partial charge in [-0.1, -0.05) is 82.1 Å². The zero-order chi connectivity index (χ0) is 41.7. The fourth-order valence-electron chi connectivity index (χ4n) is 5.54. The summed E-state index contributed by atoms with van der Waals surface area (Å²) in [5, 5.41) is 16.1. The van der Waals surface area contributed by atoms with Gasteiger partial charge in [-0.15, -0.1) is 0 Å². The number of nitrogens with two attached hydrogens (primary N) is 3. The Morgan fingerprint density at radius 2 is 1.02 bits per heavy atom. The minimum atomic E-state index is -1.15. The first-order valence-corrected chi connectivity index (χ1v) is 19.2. The van der Waals surface area contributed by atoms with Crippen LogP contribution in [0.15, 0.2) is 4.99 Å². The quantitative estimate of drug-likeness (QED) is 0.0332. The molecule has 0 aromatic carbocycles. The molecule has 0 aromatic rings. The second-order valence-electron chi connectivity index (χ2n) is 15.5. The second kappa shape index (κ2) is 25.6. The van der Waals surface area contributed by atoms with Crippen molar-refractivity contribution in [1.29, 1.82) is 0 Å². The number of hydrogen-bond acceptors (Lipinski definition) is 8. The smallest absolute Gasteiger partial charge is 0.243 e. The van der Waals surface area contributed by atoms with E-state index in [4.69, 9.17) is 17.2 Å². The van der Waals surface area contributed by atoms with Gasteiger partial charge in [0, 0.05) is 13.0 Å². The van der Waals surface area contributed by atoms with Crippen LogP contribution in [0.1, 0.15) is 114 Å². The van der Waals surface area contributed by atoms with Crippen LogP contribution in [0.2, 0.25) is 0 Å². The van der Waals surface area contributed by atoms with Crippen molar-refractivity contribution in [3.05, 3.63) is 0 Å². The number of aliphatic imine (C=N–C) groups is 1. The predicted molar refractivity (Wildman–Crippen MR) is 209 cm³/mol. The summed E-state index contributed by atoms with van der Waals surface area (Å²) in [5.74, 6) is -4.60. The van der Waals surface area contributed by atoms with Crippen LogP contribution in [0.25, 0.3) is 0 Å². The van der Waals surface area contributed by atoms with E-state index in [1.807, 2.05) is 55.4 Å². The Kier molecular flexibility index (Phi) is 23.5. The maximum absolute atomic E-state index is 13.6. The zero-order valence-corrected chi connectivity index (χ0v) is 34.2. The van der Waals surface area contributed by atoms with E-state index >= 15 is 0 Å². The zero-order valence-electron chi connectivity index (χ0n) is 34.2. The summed E-state index contributed by atoms with van der Waals surface area (Å²) in [6, 6.07) is -5.00. The highest BCUT2D eigenvalue weighted by Gasteiger charge is 2.33. The third-order valence-electron chi connectivity index (χ3n) is 8.92. The highest BCUT2D eigenvalue weighted by Crippen LogP contribution is 2.13. The van der Waals surface area contributed by atoms with Gasteiger partial charge >= 0.3 is 0 Å². The van der Waals surface area contributed by atoms with E-state index in [9.17, 15) is 33.6 Å². The van der Waals surface area contributed by atoms with Gasteiger partial charge in [-0.05, 0) is 55.3 Å². The average molecular weight is 767 g/mol. The van der Waals surface area contributed by atoms with Gasteiger partial charge in [0.15, 0.2) is 5.96 Å². The number of nitrogens with zero attached hydrogens (tertiary/aromatic N) is 1. The molecule has 0 spiro atoms. The van der Waals surface area contributed by atoms with E-state index in [-0.39, 0.29) is 73.7 Å². The van der Waals surface area contributed by atoms with Crippen LogP contribution in [0.3, 0.4) is 0 Å². The molecular weight excluding hydrogens is 696 g/mol. The normalized spacial score (nSPS) is 15.1. The monoisotopic (exact) mass is 767 g/mol. The van der Waals surface area contributed by atoms with E-state index in [0.29, 0.717) is 19.3 Å². The van der Waals surface area contributed by atoms with Crippen molar-refractivity contribution >= 4 is 47.3 Å². The molecule has 12 N–H and O–H groups in total. The first-order chi connectivity index (χ1) is 25.1. The molecule has 7 amide bonds. The molecule has 0 heterocycles. The van der Waals surface area contributed by atoms with Crippen molar-refractivity contribution in [2.24, 2.45) is 51.8 Å². The molecule has 17 nitrogen and oxygen atoms in total. The lowest BCUT2D eigenvalue weighted by atomic mass is 9.96. The molecule has 0 fully saturated rings. The Labute approximate surface area is 321 Å². The molecule has 0 aliphatic rings. The van der Waals surface area contributed by atoms with Crippen LogP contribution in [0.5, 0.6) is 0 Å². The number of carbonyl (C=O) groups is 7. The molecule has 0 aliphatic heterocycles. The third kappa shape index (κ3) is 20.1. The van der Waals surface area contributed by atoms with Crippen molar-refractivity contribution in [2.45, 2.75) is 144 Å². The summed E-state index contributed by atoms with van der Waals surface area (Å²) in [6.07, 6.45) is 2.32. The highest BCUT2D eigenvalue weighted by atomic mass is 16.2. The summed E-state index contributed by atoms with van der Waals surface area (Å²) >= 11 is 0. The molecule has 17 heteroatoms. The number of primary amides is 1. The van der Waals surface area contributed by atoms with E-state index < -0.39 is 72.2 Å². The van der Waals surface area contributed by atoms with Crippen molar-refractivity contribution < 1.29 is 33.6 Å². The van der Waals surface area contributed by atoms with Gasteiger partial charge in [0.05, 0.1) is 6.54 Å². The SMILES string of the molecule is CC[C@H](C)[C@H](NC(=O)[C@H](CC(C)C)NC(=O)[C@H](CCCN=C(N)N)NC(=O)CNC(=O)[C@@H](NC(=O)[C@H](CC(C)C)NC(=O)CC(C)C)[C@@H](C)CC)C(N)=O. The molecule has 0 bridgehead atoms.